The van der Waals surface area contributed by atoms with E-state index >= 15 is 0 Å². The summed E-state index contributed by atoms with van der Waals surface area (Å²) in [6.07, 6.45) is -4.99. The van der Waals surface area contributed by atoms with Crippen LogP contribution in [0.25, 0.3) is 10.9 Å². The van der Waals surface area contributed by atoms with Crippen LogP contribution in [0.2, 0.25) is 0 Å². The molecule has 0 aliphatic heterocycles. The zero-order chi connectivity index (χ0) is 27.1. The standard InChI is InChI=1S/C24H15F5N6O2/c1-11-20(21(24(27,28)29)34-35(11)10-12-5-6-14(25)7-13(12)9-30)33-23(37)18-8-15(22(31)36)19-16(26)3-2-4-17(19)32-18/h2-8H,10H2,1H3,(H2,31,36)(H,33,37). The van der Waals surface area contributed by atoms with Crippen molar-refractivity contribution in [1.29, 1.82) is 5.26 Å². The van der Waals surface area contributed by atoms with Crippen molar-refractivity contribution in [2.75, 3.05) is 5.32 Å². The van der Waals surface area contributed by atoms with Crippen molar-refractivity contribution in [3.05, 3.63) is 87.9 Å². The number of anilines is 1. The minimum Gasteiger partial charge on any atom is -0.366 e. The van der Waals surface area contributed by atoms with Crippen molar-refractivity contribution in [2.45, 2.75) is 19.6 Å². The molecule has 0 unspecified atom stereocenters. The predicted molar refractivity (Wildman–Crippen MR) is 120 cm³/mol. The molecule has 13 heteroatoms. The van der Waals surface area contributed by atoms with E-state index in [1.54, 1.807) is 6.07 Å². The number of hydrogen-bond acceptors (Lipinski definition) is 5. The van der Waals surface area contributed by atoms with Crippen LogP contribution in [0, 0.1) is 29.9 Å². The molecule has 4 rings (SSSR count). The molecule has 0 spiro atoms. The molecule has 2 amide bonds. The second-order valence-corrected chi connectivity index (χ2v) is 7.89. The normalized spacial score (nSPS) is 11.4. The average Bonchev–Trinajstić information content (AvgIpc) is 3.14. The number of fused-ring (bicyclic) bond motifs is 1. The Hall–Kier alpha value is -4.86. The number of nitrogens with one attached hydrogen (secondary N) is 1. The maximum absolute atomic E-state index is 14.3. The Balaban J connectivity index is 1.77. The van der Waals surface area contributed by atoms with Gasteiger partial charge in [0.15, 0.2) is 5.69 Å². The Morgan fingerprint density at radius 3 is 2.54 bits per heavy atom. The summed E-state index contributed by atoms with van der Waals surface area (Å²) in [6.45, 7) is 0.929. The summed E-state index contributed by atoms with van der Waals surface area (Å²) in [5.74, 6) is -3.72. The number of benzene rings is 2. The van der Waals surface area contributed by atoms with E-state index < -0.39 is 46.7 Å². The molecule has 0 aliphatic carbocycles. The van der Waals surface area contributed by atoms with E-state index in [0.29, 0.717) is 0 Å². The maximum atomic E-state index is 14.3. The fourth-order valence-corrected chi connectivity index (χ4v) is 3.73. The number of nitrogens with zero attached hydrogens (tertiary/aromatic N) is 4. The molecule has 0 fully saturated rings. The van der Waals surface area contributed by atoms with Crippen LogP contribution in [0.4, 0.5) is 27.6 Å². The highest BCUT2D eigenvalue weighted by Gasteiger charge is 2.39. The van der Waals surface area contributed by atoms with Crippen LogP contribution in [0.15, 0.2) is 42.5 Å². The second-order valence-electron chi connectivity index (χ2n) is 7.89. The molecule has 0 saturated heterocycles. The van der Waals surface area contributed by atoms with Gasteiger partial charge in [-0.2, -0.15) is 23.5 Å². The molecule has 0 saturated carbocycles. The quantitative estimate of drug-likeness (QED) is 0.384. The number of primary amides is 1. The first-order valence-corrected chi connectivity index (χ1v) is 10.4. The Bertz CT molecular complexity index is 1620. The van der Waals surface area contributed by atoms with Gasteiger partial charge in [0.2, 0.25) is 5.91 Å². The summed E-state index contributed by atoms with van der Waals surface area (Å²) >= 11 is 0. The number of alkyl halides is 3. The molecule has 0 radical (unpaired) electrons. The van der Waals surface area contributed by atoms with Gasteiger partial charge in [-0.25, -0.2) is 13.8 Å². The van der Waals surface area contributed by atoms with Crippen LogP contribution in [-0.4, -0.2) is 26.6 Å². The lowest BCUT2D eigenvalue weighted by Gasteiger charge is -2.11. The van der Waals surface area contributed by atoms with Crippen LogP contribution in [0.1, 0.15) is 43.4 Å². The number of rotatable bonds is 5. The second kappa shape index (κ2) is 9.30. The fourth-order valence-electron chi connectivity index (χ4n) is 3.73. The molecular weight excluding hydrogens is 499 g/mol. The van der Waals surface area contributed by atoms with Gasteiger partial charge in [0, 0.05) is 5.39 Å². The monoisotopic (exact) mass is 514 g/mol. The molecular formula is C24H15F5N6O2. The van der Waals surface area contributed by atoms with Gasteiger partial charge in [-0.1, -0.05) is 12.1 Å². The summed E-state index contributed by atoms with van der Waals surface area (Å²) in [6, 6.07) is 9.52. The Kier molecular flexibility index (Phi) is 6.35. The lowest BCUT2D eigenvalue weighted by Crippen LogP contribution is -2.20. The first-order chi connectivity index (χ1) is 17.4. The van der Waals surface area contributed by atoms with Gasteiger partial charge in [0.1, 0.15) is 17.3 Å². The lowest BCUT2D eigenvalue weighted by molar-refractivity contribution is -0.140. The first-order valence-electron chi connectivity index (χ1n) is 10.4. The van der Waals surface area contributed by atoms with Gasteiger partial charge in [-0.05, 0) is 42.8 Å². The highest BCUT2D eigenvalue weighted by atomic mass is 19.4. The zero-order valence-electron chi connectivity index (χ0n) is 18.8. The summed E-state index contributed by atoms with van der Waals surface area (Å²) in [7, 11) is 0. The van der Waals surface area contributed by atoms with Gasteiger partial charge in [-0.3, -0.25) is 14.3 Å². The van der Waals surface area contributed by atoms with Crippen molar-refractivity contribution < 1.29 is 31.5 Å². The van der Waals surface area contributed by atoms with Crippen molar-refractivity contribution >= 4 is 28.4 Å². The van der Waals surface area contributed by atoms with Crippen LogP contribution < -0.4 is 11.1 Å². The van der Waals surface area contributed by atoms with Crippen LogP contribution in [0.3, 0.4) is 0 Å². The molecule has 3 N–H and O–H groups in total. The molecule has 2 aromatic carbocycles. The highest BCUT2D eigenvalue weighted by Crippen LogP contribution is 2.36. The Morgan fingerprint density at radius 2 is 1.89 bits per heavy atom. The number of hydrogen-bond donors (Lipinski definition) is 2. The summed E-state index contributed by atoms with van der Waals surface area (Å²) in [5.41, 5.74) is 2.19. The predicted octanol–water partition coefficient (Wildman–Crippen LogP) is 4.31. The van der Waals surface area contributed by atoms with E-state index in [1.165, 1.54) is 25.1 Å². The third-order valence-electron chi connectivity index (χ3n) is 5.51. The average molecular weight is 514 g/mol. The van der Waals surface area contributed by atoms with Gasteiger partial charge in [-0.15, -0.1) is 0 Å². The third kappa shape index (κ3) is 4.81. The smallest absolute Gasteiger partial charge is 0.366 e. The molecule has 0 bridgehead atoms. The lowest BCUT2D eigenvalue weighted by atomic mass is 10.1. The van der Waals surface area contributed by atoms with Crippen molar-refractivity contribution in [3.8, 4) is 6.07 Å². The molecule has 0 atom stereocenters. The topological polar surface area (TPSA) is 127 Å². The SMILES string of the molecule is Cc1c(NC(=O)c2cc(C(N)=O)c3c(F)cccc3n2)c(C(F)(F)F)nn1Cc1ccc(F)cc1C#N. The number of nitrogens with two attached hydrogens (primary N) is 1. The zero-order valence-corrected chi connectivity index (χ0v) is 18.8. The van der Waals surface area contributed by atoms with Crippen LogP contribution >= 0.6 is 0 Å². The summed E-state index contributed by atoms with van der Waals surface area (Å²) < 4.78 is 70.0. The minimum absolute atomic E-state index is 0.0966. The Labute approximate surface area is 205 Å². The molecule has 188 valence electrons. The fraction of sp³-hybridized carbons (Fsp3) is 0.125. The molecule has 0 aliphatic rings. The van der Waals surface area contributed by atoms with Crippen molar-refractivity contribution in [2.24, 2.45) is 5.73 Å². The van der Waals surface area contributed by atoms with E-state index in [0.717, 1.165) is 28.9 Å². The van der Waals surface area contributed by atoms with E-state index in [4.69, 9.17) is 5.73 Å². The van der Waals surface area contributed by atoms with E-state index in [1.807, 2.05) is 0 Å². The van der Waals surface area contributed by atoms with E-state index in [-0.39, 0.29) is 39.8 Å². The number of aromatic nitrogens is 3. The molecule has 2 heterocycles. The van der Waals surface area contributed by atoms with Crippen molar-refractivity contribution in [3.63, 3.8) is 0 Å². The van der Waals surface area contributed by atoms with Gasteiger partial charge >= 0.3 is 6.18 Å². The highest BCUT2D eigenvalue weighted by molar-refractivity contribution is 6.10. The van der Waals surface area contributed by atoms with E-state index in [2.05, 4.69) is 15.4 Å². The number of carbonyl (C=O) groups excluding carboxylic acids is 2. The molecule has 4 aromatic rings. The number of halogens is 5. The maximum Gasteiger partial charge on any atom is 0.437 e. The molecule has 37 heavy (non-hydrogen) atoms. The number of amides is 2. The summed E-state index contributed by atoms with van der Waals surface area (Å²) in [4.78, 5) is 28.8. The number of nitriles is 1. The largest absolute Gasteiger partial charge is 0.437 e. The van der Waals surface area contributed by atoms with Crippen LogP contribution in [-0.2, 0) is 12.7 Å². The van der Waals surface area contributed by atoms with E-state index in [9.17, 15) is 36.8 Å². The summed E-state index contributed by atoms with van der Waals surface area (Å²) in [5, 5.41) is 14.7. The molecule has 2 aromatic heterocycles. The van der Waals surface area contributed by atoms with Gasteiger partial charge < -0.3 is 11.1 Å². The Morgan fingerprint density at radius 1 is 1.16 bits per heavy atom. The minimum atomic E-state index is -4.99. The number of carbonyl (C=O) groups is 2. The van der Waals surface area contributed by atoms with Gasteiger partial charge in [0.25, 0.3) is 5.91 Å². The third-order valence-corrected chi connectivity index (χ3v) is 5.51. The van der Waals surface area contributed by atoms with Crippen molar-refractivity contribution in [1.82, 2.24) is 14.8 Å². The number of pyridine rings is 1. The first kappa shape index (κ1) is 25.2. The van der Waals surface area contributed by atoms with Crippen LogP contribution in [0.5, 0.6) is 0 Å². The van der Waals surface area contributed by atoms with Gasteiger partial charge in [0.05, 0.1) is 40.6 Å². The molecule has 8 nitrogen and oxygen atoms in total.